The smallest absolute Gasteiger partial charge is 0.462 e. The first-order valence-corrected chi connectivity index (χ1v) is 38.0. The van der Waals surface area contributed by atoms with Crippen LogP contribution < -0.4 is 0 Å². The van der Waals surface area contributed by atoms with Crippen LogP contribution in [0.3, 0.4) is 0 Å². The number of carbonyl (C=O) groups excluding carboxylic acids is 4. The van der Waals surface area contributed by atoms with Crippen molar-refractivity contribution in [3.8, 4) is 0 Å². The molecule has 510 valence electrons. The van der Waals surface area contributed by atoms with Gasteiger partial charge in [-0.15, -0.1) is 0 Å². The molecule has 0 saturated heterocycles. The van der Waals surface area contributed by atoms with E-state index in [-0.39, 0.29) is 25.7 Å². The van der Waals surface area contributed by atoms with Crippen LogP contribution in [0.5, 0.6) is 0 Å². The molecule has 2 unspecified atom stereocenters. The number of hydrogen-bond acceptors (Lipinski definition) is 15. The van der Waals surface area contributed by atoms with Gasteiger partial charge in [-0.25, -0.2) is 9.13 Å². The monoisotopic (exact) mass is 1270 g/mol. The first-order valence-electron chi connectivity index (χ1n) is 35.0. The van der Waals surface area contributed by atoms with Crippen molar-refractivity contribution in [1.82, 2.24) is 0 Å². The molecule has 86 heavy (non-hydrogen) atoms. The van der Waals surface area contributed by atoms with Crippen LogP contribution >= 0.6 is 15.6 Å². The lowest BCUT2D eigenvalue weighted by Crippen LogP contribution is -2.30. The van der Waals surface area contributed by atoms with E-state index in [0.29, 0.717) is 25.7 Å². The van der Waals surface area contributed by atoms with Crippen LogP contribution in [0, 0.1) is 11.8 Å². The van der Waals surface area contributed by atoms with E-state index in [9.17, 15) is 43.2 Å². The van der Waals surface area contributed by atoms with Crippen molar-refractivity contribution in [2.45, 2.75) is 355 Å². The molecule has 0 rings (SSSR count). The van der Waals surface area contributed by atoms with Crippen molar-refractivity contribution in [3.63, 3.8) is 0 Å². The van der Waals surface area contributed by atoms with E-state index in [2.05, 4.69) is 41.5 Å². The minimum atomic E-state index is -4.95. The topological polar surface area (TPSA) is 237 Å². The number of hydrogen-bond donors (Lipinski definition) is 3. The first kappa shape index (κ1) is 84.1. The number of aliphatic hydroxyl groups excluding tert-OH is 1. The van der Waals surface area contributed by atoms with Crippen LogP contribution in [0.15, 0.2) is 0 Å². The van der Waals surface area contributed by atoms with Crippen molar-refractivity contribution in [3.05, 3.63) is 0 Å². The number of esters is 4. The van der Waals surface area contributed by atoms with Gasteiger partial charge in [-0.1, -0.05) is 286 Å². The zero-order valence-electron chi connectivity index (χ0n) is 55.6. The number of carbonyl (C=O) groups is 4. The van der Waals surface area contributed by atoms with Crippen LogP contribution in [0.2, 0.25) is 0 Å². The van der Waals surface area contributed by atoms with Gasteiger partial charge in [0.05, 0.1) is 26.4 Å². The van der Waals surface area contributed by atoms with E-state index in [1.165, 1.54) is 148 Å². The van der Waals surface area contributed by atoms with Gasteiger partial charge in [0.2, 0.25) is 0 Å². The standard InChI is InChI=1S/C67H130O17P2/c1-7-9-11-13-14-15-16-23-26-32-38-44-50-65(70)78-56-63(84-66(71)51-45-39-33-27-24-21-19-17-18-20-22-25-30-36-41-47-59(3)4)58-82-86(75,76)80-54-61(68)53-79-85(73,74)81-57-62(55-77-64(69)49-43-35-12-10-8-2)83-67(72)52-46-40-34-29-28-31-37-42-48-60(5)6/h59-63,68H,7-58H2,1-6H3,(H,73,74)(H,75,76)/t61-,62+,63+/m0/s1. The molecular weight excluding hydrogens is 1140 g/mol. The Hall–Kier alpha value is -1.94. The van der Waals surface area contributed by atoms with Gasteiger partial charge in [-0.2, -0.15) is 0 Å². The third-order valence-corrected chi connectivity index (χ3v) is 17.4. The highest BCUT2D eigenvalue weighted by Gasteiger charge is 2.30. The zero-order valence-corrected chi connectivity index (χ0v) is 57.4. The van der Waals surface area contributed by atoms with E-state index >= 15 is 0 Å². The highest BCUT2D eigenvalue weighted by molar-refractivity contribution is 7.47. The molecule has 0 aliphatic rings. The Labute approximate surface area is 524 Å². The van der Waals surface area contributed by atoms with Gasteiger partial charge in [-0.05, 0) is 37.5 Å². The molecule has 0 aromatic carbocycles. The Kier molecular flexibility index (Phi) is 58.0. The highest BCUT2D eigenvalue weighted by Crippen LogP contribution is 2.45. The summed E-state index contributed by atoms with van der Waals surface area (Å²) in [5.41, 5.74) is 0. The summed E-state index contributed by atoms with van der Waals surface area (Å²) >= 11 is 0. The van der Waals surface area contributed by atoms with Crippen molar-refractivity contribution in [2.24, 2.45) is 11.8 Å². The molecule has 0 saturated carbocycles. The average Bonchev–Trinajstić information content (AvgIpc) is 3.68. The molecule has 0 heterocycles. The lowest BCUT2D eigenvalue weighted by molar-refractivity contribution is -0.161. The predicted molar refractivity (Wildman–Crippen MR) is 345 cm³/mol. The molecular formula is C67H130O17P2. The second-order valence-corrected chi connectivity index (χ2v) is 28.1. The number of ether oxygens (including phenoxy) is 4. The molecule has 3 N–H and O–H groups in total. The summed E-state index contributed by atoms with van der Waals surface area (Å²) in [5, 5.41) is 10.5. The van der Waals surface area contributed by atoms with Gasteiger partial charge >= 0.3 is 39.5 Å². The minimum Gasteiger partial charge on any atom is -0.462 e. The van der Waals surface area contributed by atoms with Crippen molar-refractivity contribution in [2.75, 3.05) is 39.6 Å². The molecule has 0 aliphatic heterocycles. The average molecular weight is 1270 g/mol. The lowest BCUT2D eigenvalue weighted by atomic mass is 10.0. The largest absolute Gasteiger partial charge is 0.472 e. The van der Waals surface area contributed by atoms with Gasteiger partial charge in [0.25, 0.3) is 0 Å². The number of rotatable bonds is 66. The maximum Gasteiger partial charge on any atom is 0.472 e. The molecule has 0 spiro atoms. The molecule has 0 radical (unpaired) electrons. The van der Waals surface area contributed by atoms with Crippen LogP contribution in [0.1, 0.15) is 337 Å². The fraction of sp³-hybridized carbons (Fsp3) is 0.940. The minimum absolute atomic E-state index is 0.104. The van der Waals surface area contributed by atoms with E-state index in [4.69, 9.17) is 37.0 Å². The summed E-state index contributed by atoms with van der Waals surface area (Å²) in [4.78, 5) is 72.1. The Bertz CT molecular complexity index is 1680. The Balaban J connectivity index is 5.15. The molecule has 0 aromatic rings. The third kappa shape index (κ3) is 60.9. The second kappa shape index (κ2) is 59.4. The number of aliphatic hydroxyl groups is 1. The number of phosphoric acid groups is 2. The van der Waals surface area contributed by atoms with Crippen LogP contribution in [-0.2, 0) is 65.4 Å². The van der Waals surface area contributed by atoms with E-state index in [1.807, 2.05) is 0 Å². The predicted octanol–water partition coefficient (Wildman–Crippen LogP) is 18.8. The molecule has 17 nitrogen and oxygen atoms in total. The molecule has 5 atom stereocenters. The van der Waals surface area contributed by atoms with E-state index in [0.717, 1.165) is 108 Å². The zero-order chi connectivity index (χ0) is 63.6. The van der Waals surface area contributed by atoms with E-state index < -0.39 is 97.5 Å². The van der Waals surface area contributed by atoms with Crippen LogP contribution in [0.25, 0.3) is 0 Å². The molecule has 19 heteroatoms. The highest BCUT2D eigenvalue weighted by atomic mass is 31.2. The Morgan fingerprint density at radius 1 is 0.314 bits per heavy atom. The second-order valence-electron chi connectivity index (χ2n) is 25.2. The quantitative estimate of drug-likeness (QED) is 0.0222. The summed E-state index contributed by atoms with van der Waals surface area (Å²) in [5.74, 6) is -0.619. The summed E-state index contributed by atoms with van der Waals surface area (Å²) in [6.07, 6.45) is 43.5. The normalized spacial score (nSPS) is 14.2. The summed E-state index contributed by atoms with van der Waals surface area (Å²) in [6.45, 7) is 9.42. The number of phosphoric ester groups is 2. The molecule has 0 amide bonds. The van der Waals surface area contributed by atoms with E-state index in [1.54, 1.807) is 0 Å². The fourth-order valence-electron chi connectivity index (χ4n) is 10.1. The van der Waals surface area contributed by atoms with Gasteiger partial charge in [-0.3, -0.25) is 37.3 Å². The summed E-state index contributed by atoms with van der Waals surface area (Å²) < 4.78 is 67.9. The Morgan fingerprint density at radius 3 is 0.791 bits per heavy atom. The van der Waals surface area contributed by atoms with Gasteiger partial charge < -0.3 is 33.8 Å². The lowest BCUT2D eigenvalue weighted by Gasteiger charge is -2.21. The Morgan fingerprint density at radius 2 is 0.535 bits per heavy atom. The molecule has 0 aliphatic carbocycles. The van der Waals surface area contributed by atoms with Crippen molar-refractivity contribution >= 4 is 39.5 Å². The third-order valence-electron chi connectivity index (χ3n) is 15.5. The molecule has 0 bridgehead atoms. The maximum atomic E-state index is 13.0. The van der Waals surface area contributed by atoms with Crippen molar-refractivity contribution in [1.29, 1.82) is 0 Å². The van der Waals surface area contributed by atoms with Crippen LogP contribution in [-0.4, -0.2) is 96.7 Å². The van der Waals surface area contributed by atoms with Gasteiger partial charge in [0.1, 0.15) is 19.3 Å². The fourth-order valence-corrected chi connectivity index (χ4v) is 11.6. The molecule has 0 aromatic heterocycles. The maximum absolute atomic E-state index is 13.0. The SMILES string of the molecule is CCCCCCCCCCCCCCC(=O)OC[C@H](COP(=O)(O)OC[C@@H](O)COP(=O)(O)OC[C@@H](COC(=O)CCCCCCC)OC(=O)CCCCCCCCCCC(C)C)OC(=O)CCCCCCCCCCCCCCCCCC(C)C. The van der Waals surface area contributed by atoms with Gasteiger partial charge in [0, 0.05) is 25.7 Å². The summed E-state index contributed by atoms with van der Waals surface area (Å²) in [6, 6.07) is 0. The number of unbranched alkanes of at least 4 members (excludes halogenated alkanes) is 36. The molecule has 0 fully saturated rings. The summed E-state index contributed by atoms with van der Waals surface area (Å²) in [7, 11) is -9.88. The van der Waals surface area contributed by atoms with Crippen molar-refractivity contribution < 1.29 is 80.2 Å². The van der Waals surface area contributed by atoms with Crippen LogP contribution in [0.4, 0.5) is 0 Å². The first-order chi connectivity index (χ1) is 41.4. The van der Waals surface area contributed by atoms with Gasteiger partial charge in [0.15, 0.2) is 12.2 Å².